The molecule has 628 valence electrons. The standard InChI is InChI=1S/C73H134N2O32/c1-5-6-7-8-9-10-11-12-13-14-15-16-17-18-19-24-27-30-33-45(82)67(95)75-43(53(85)44(81)32-29-26-23-21-20-22-25-28-31-41(2)3)39-98-68-60(92)57(89)64(50(37-78)102-68)105-71-62(94)66(56(88)49(36-77)101-71)107-73(72(96)97)34-48(52(74-42(4)80)65(106-73)55(87)46(83)35-76)100-70-61(93)58(90)63(51(38-79)103-70)104-69-59(91)54(86)47(84)40-99-69/h41,43-66,68-71,76-79,81-94H,5-40H2,1-4H3,(H,74,80)(H,75,95)(H,96,97)/t43-,44+,45-,46?,47-,48+,49?,50?,51?,52+,53+,54?,55?,56-,57?,58?,59?,60?,61?,62?,63-,64+,65?,66?,68+,69-,70+,71-,73?/m0/s1. The fourth-order valence-electron chi connectivity index (χ4n) is 14.4. The highest BCUT2D eigenvalue weighted by Gasteiger charge is 2.62. The number of carbonyl (C=O) groups excluding carboxylic acids is 2. The molecule has 5 fully saturated rings. The van der Waals surface area contributed by atoms with Gasteiger partial charge in [-0.15, -0.1) is 0 Å². The number of hydrogen-bond donors (Lipinski definition) is 21. The highest BCUT2D eigenvalue weighted by molar-refractivity contribution is 5.80. The largest absolute Gasteiger partial charge is 0.477 e. The Morgan fingerprint density at radius 1 is 0.505 bits per heavy atom. The third kappa shape index (κ3) is 29.6. The monoisotopic (exact) mass is 1550 g/mol. The summed E-state index contributed by atoms with van der Waals surface area (Å²) < 4.78 is 58.0. The van der Waals surface area contributed by atoms with Crippen molar-refractivity contribution in [3.8, 4) is 0 Å². The molecular weight excluding hydrogens is 1420 g/mol. The number of carboxylic acids is 1. The van der Waals surface area contributed by atoms with Crippen LogP contribution >= 0.6 is 0 Å². The average Bonchev–Trinajstić information content (AvgIpc) is 0.745. The van der Waals surface area contributed by atoms with Gasteiger partial charge in [-0.1, -0.05) is 194 Å². The predicted octanol–water partition coefficient (Wildman–Crippen LogP) is -1.36. The number of aliphatic carboxylic acids is 1. The molecule has 5 saturated heterocycles. The maximum absolute atomic E-state index is 13.8. The molecule has 5 aliphatic rings. The van der Waals surface area contributed by atoms with E-state index in [1.54, 1.807) is 0 Å². The molecule has 21 N–H and O–H groups in total. The number of unbranched alkanes of at least 4 members (excludes halogenated alkanes) is 24. The zero-order valence-electron chi connectivity index (χ0n) is 63.0. The second-order valence-electron chi connectivity index (χ2n) is 30.3. The van der Waals surface area contributed by atoms with Crippen LogP contribution in [0, 0.1) is 5.92 Å². The summed E-state index contributed by atoms with van der Waals surface area (Å²) in [5.41, 5.74) is 0. The van der Waals surface area contributed by atoms with E-state index in [9.17, 15) is 111 Å². The molecule has 0 aromatic rings. The lowest BCUT2D eigenvalue weighted by Gasteiger charge is -2.52. The van der Waals surface area contributed by atoms with E-state index in [1.807, 2.05) is 0 Å². The summed E-state index contributed by atoms with van der Waals surface area (Å²) in [6.45, 7) is 1.81. The van der Waals surface area contributed by atoms with Crippen LogP contribution in [0.4, 0.5) is 0 Å². The van der Waals surface area contributed by atoms with Crippen LogP contribution < -0.4 is 10.6 Å². The Kier molecular flexibility index (Phi) is 44.2. The van der Waals surface area contributed by atoms with Crippen LogP contribution in [-0.4, -0.2) is 332 Å². The molecule has 0 spiro atoms. The van der Waals surface area contributed by atoms with Gasteiger partial charge in [0.2, 0.25) is 11.8 Å². The summed E-state index contributed by atoms with van der Waals surface area (Å²) >= 11 is 0. The lowest BCUT2D eigenvalue weighted by atomic mass is 9.87. The van der Waals surface area contributed by atoms with Gasteiger partial charge < -0.3 is 155 Å². The third-order valence-electron chi connectivity index (χ3n) is 21.0. The smallest absolute Gasteiger partial charge is 0.364 e. The van der Waals surface area contributed by atoms with Gasteiger partial charge in [0, 0.05) is 13.3 Å². The van der Waals surface area contributed by atoms with Gasteiger partial charge in [0.1, 0.15) is 122 Å². The summed E-state index contributed by atoms with van der Waals surface area (Å²) in [5.74, 6) is -6.72. The van der Waals surface area contributed by atoms with Crippen molar-refractivity contribution in [2.75, 3.05) is 39.6 Å². The van der Waals surface area contributed by atoms with Gasteiger partial charge >= 0.3 is 5.97 Å². The SMILES string of the molecule is CCCCCCCCCCCCCCCCCCCC[C@H](O)C(=O)N[C@@H](CO[C@@H]1OC(CO)[C@@H](O[C@@H]2OC(CO)[C@H](O)C(OC3(C(=O)O)C[C@@H](O[C@@H]4OC(CO)[C@H](O[C@@H]5OC[C@H](O)C(O)C5O)C(O)C4O)[C@@H](NC(C)=O)C(C(O)C(O)CO)O3)C2O)C(O)C1O)[C@@H](O)[C@H](O)CCCCCCCCCCC(C)C. The number of carboxylic acid groups (broad SMARTS) is 1. The van der Waals surface area contributed by atoms with Gasteiger partial charge in [0.15, 0.2) is 25.2 Å². The number of carbonyl (C=O) groups is 3. The zero-order chi connectivity index (χ0) is 78.9. The molecule has 0 bridgehead atoms. The minimum absolute atomic E-state index is 0.0918. The van der Waals surface area contributed by atoms with E-state index in [0.29, 0.717) is 18.8 Å². The highest BCUT2D eigenvalue weighted by atomic mass is 16.8. The van der Waals surface area contributed by atoms with E-state index >= 15 is 0 Å². The second-order valence-corrected chi connectivity index (χ2v) is 30.3. The maximum Gasteiger partial charge on any atom is 0.364 e. The maximum atomic E-state index is 13.8. The van der Waals surface area contributed by atoms with Crippen LogP contribution in [-0.2, 0) is 61.8 Å². The minimum Gasteiger partial charge on any atom is -0.477 e. The molecule has 5 rings (SSSR count). The summed E-state index contributed by atoms with van der Waals surface area (Å²) in [6.07, 6.45) is -23.4. The van der Waals surface area contributed by atoms with Crippen LogP contribution in [0.5, 0.6) is 0 Å². The molecule has 29 atom stereocenters. The second kappa shape index (κ2) is 49.8. The Morgan fingerprint density at radius 2 is 0.953 bits per heavy atom. The topological polar surface area (TPSA) is 552 Å². The Bertz CT molecular complexity index is 2410. The molecule has 5 aliphatic heterocycles. The number of aliphatic hydroxyl groups is 18. The molecular formula is C73H134N2O32. The fourth-order valence-corrected chi connectivity index (χ4v) is 14.4. The number of aliphatic hydroxyl groups excluding tert-OH is 18. The molecule has 5 heterocycles. The van der Waals surface area contributed by atoms with Gasteiger partial charge in [0.05, 0.1) is 63.9 Å². The highest BCUT2D eigenvalue weighted by Crippen LogP contribution is 2.41. The van der Waals surface area contributed by atoms with Crippen molar-refractivity contribution in [3.63, 3.8) is 0 Å². The van der Waals surface area contributed by atoms with Crippen molar-refractivity contribution in [1.82, 2.24) is 10.6 Å². The van der Waals surface area contributed by atoms with Crippen LogP contribution in [0.1, 0.15) is 220 Å². The van der Waals surface area contributed by atoms with Gasteiger partial charge in [-0.3, -0.25) is 9.59 Å². The van der Waals surface area contributed by atoms with Gasteiger partial charge in [-0.05, 0) is 18.8 Å². The van der Waals surface area contributed by atoms with Crippen molar-refractivity contribution in [3.05, 3.63) is 0 Å². The molecule has 0 aromatic heterocycles. The number of rotatable bonds is 53. The molecule has 15 unspecified atom stereocenters. The third-order valence-corrected chi connectivity index (χ3v) is 21.0. The molecule has 0 aromatic carbocycles. The number of amides is 2. The first-order valence-corrected chi connectivity index (χ1v) is 39.4. The first kappa shape index (κ1) is 94.9. The molecule has 107 heavy (non-hydrogen) atoms. The molecule has 2 amide bonds. The van der Waals surface area contributed by atoms with E-state index in [2.05, 4.69) is 31.4 Å². The van der Waals surface area contributed by atoms with Crippen molar-refractivity contribution >= 4 is 17.8 Å². The zero-order valence-corrected chi connectivity index (χ0v) is 63.0. The minimum atomic E-state index is -3.40. The molecule has 34 heteroatoms. The van der Waals surface area contributed by atoms with E-state index in [4.69, 9.17) is 47.4 Å². The van der Waals surface area contributed by atoms with E-state index < -0.39 is 241 Å². The fraction of sp³-hybridized carbons (Fsp3) is 0.959. The van der Waals surface area contributed by atoms with Crippen molar-refractivity contribution in [1.29, 1.82) is 0 Å². The van der Waals surface area contributed by atoms with Crippen molar-refractivity contribution in [2.45, 2.75) is 398 Å². The Morgan fingerprint density at radius 3 is 1.44 bits per heavy atom. The van der Waals surface area contributed by atoms with Crippen LogP contribution in [0.25, 0.3) is 0 Å². The Balaban J connectivity index is 1.27. The van der Waals surface area contributed by atoms with Crippen molar-refractivity contribution in [2.24, 2.45) is 5.92 Å². The van der Waals surface area contributed by atoms with Crippen LogP contribution in [0.2, 0.25) is 0 Å². The Labute approximate surface area is 628 Å². The lowest BCUT2D eigenvalue weighted by molar-refractivity contribution is -0.394. The van der Waals surface area contributed by atoms with Gasteiger partial charge in [-0.2, -0.15) is 0 Å². The van der Waals surface area contributed by atoms with E-state index in [0.717, 1.165) is 77.6 Å². The summed E-state index contributed by atoms with van der Waals surface area (Å²) in [6, 6.07) is -3.33. The summed E-state index contributed by atoms with van der Waals surface area (Å²) in [5, 5.41) is 215. The molecule has 0 saturated carbocycles. The van der Waals surface area contributed by atoms with E-state index in [1.165, 1.54) is 89.9 Å². The quantitative estimate of drug-likeness (QED) is 0.0313. The number of ether oxygens (including phenoxy) is 10. The molecule has 34 nitrogen and oxygen atoms in total. The average molecular weight is 1550 g/mol. The van der Waals surface area contributed by atoms with Crippen LogP contribution in [0.15, 0.2) is 0 Å². The molecule has 0 aliphatic carbocycles. The van der Waals surface area contributed by atoms with Gasteiger partial charge in [0.25, 0.3) is 5.79 Å². The summed E-state index contributed by atoms with van der Waals surface area (Å²) in [4.78, 5) is 40.4. The number of hydrogen-bond acceptors (Lipinski definition) is 31. The van der Waals surface area contributed by atoms with Crippen LogP contribution in [0.3, 0.4) is 0 Å². The van der Waals surface area contributed by atoms with E-state index in [-0.39, 0.29) is 12.8 Å². The normalized spacial score (nSPS) is 34.6. The van der Waals surface area contributed by atoms with Crippen molar-refractivity contribution < 1.29 is 159 Å². The predicted molar refractivity (Wildman–Crippen MR) is 377 cm³/mol. The van der Waals surface area contributed by atoms with Gasteiger partial charge in [-0.25, -0.2) is 4.79 Å². The lowest BCUT2D eigenvalue weighted by Crippen LogP contribution is -2.72. The molecule has 0 radical (unpaired) electrons. The first-order valence-electron chi connectivity index (χ1n) is 39.4. The number of nitrogens with one attached hydrogen (secondary N) is 2. The first-order chi connectivity index (χ1) is 51.1. The summed E-state index contributed by atoms with van der Waals surface area (Å²) in [7, 11) is 0. The Hall–Kier alpha value is -2.71.